The number of carbonyl (C=O) groups excluding carboxylic acids is 12. The fourth-order valence-electron chi connectivity index (χ4n) is 16.7. The first-order valence-corrected chi connectivity index (χ1v) is 44.5. The van der Waals surface area contributed by atoms with Crippen LogP contribution in [0, 0.1) is 29.1 Å². The molecular weight excluding hydrogens is 1550 g/mol. The van der Waals surface area contributed by atoms with Crippen LogP contribution < -0.4 is 85.5 Å². The van der Waals surface area contributed by atoms with Crippen molar-refractivity contribution in [3.05, 3.63) is 41.7 Å². The van der Waals surface area contributed by atoms with E-state index in [1.165, 1.54) is 44.3 Å². The van der Waals surface area contributed by atoms with E-state index in [2.05, 4.69) is 79.8 Å². The number of thioether (sulfide) groups is 2. The Morgan fingerprint density at radius 1 is 0.590 bits per heavy atom. The summed E-state index contributed by atoms with van der Waals surface area (Å²) in [5.41, 5.74) is 2.70. The number of primary amides is 1. The number of piperidine rings is 1. The zero-order chi connectivity index (χ0) is 85.2. The molecule has 654 valence electrons. The van der Waals surface area contributed by atoms with E-state index < -0.39 is 185 Å². The van der Waals surface area contributed by atoms with Crippen molar-refractivity contribution in [2.45, 2.75) is 316 Å². The maximum Gasteiger partial charge on any atom is 0.303 e. The molecule has 3 saturated heterocycles. The molecule has 0 aromatic carbocycles. The number of nitrogens with one attached hydrogen (secondary N) is 15. The Morgan fingerprint density at radius 3 is 1.67 bits per heavy atom. The van der Waals surface area contributed by atoms with Gasteiger partial charge in [0.2, 0.25) is 70.9 Å². The lowest BCUT2D eigenvalue weighted by Gasteiger charge is -2.35. The third-order valence-electron chi connectivity index (χ3n) is 23.8. The van der Waals surface area contributed by atoms with Crippen LogP contribution in [-0.2, 0) is 73.8 Å². The smallest absolute Gasteiger partial charge is 0.303 e. The summed E-state index contributed by atoms with van der Waals surface area (Å²) >= 11 is 2.70. The maximum atomic E-state index is 15.7. The Bertz CT molecular complexity index is 3590. The van der Waals surface area contributed by atoms with E-state index in [1.54, 1.807) is 33.8 Å². The molecule has 1 aromatic rings. The van der Waals surface area contributed by atoms with Crippen molar-refractivity contribution in [2.24, 2.45) is 34.8 Å². The van der Waals surface area contributed by atoms with Crippen LogP contribution in [0.1, 0.15) is 220 Å². The summed E-state index contributed by atoms with van der Waals surface area (Å²) in [6.45, 7) is 13.1. The minimum Gasteiger partial charge on any atom is -0.481 e. The highest BCUT2D eigenvalue weighted by Gasteiger charge is 2.47. The van der Waals surface area contributed by atoms with Crippen LogP contribution in [0.5, 0.6) is 0 Å². The van der Waals surface area contributed by atoms with Crippen LogP contribution in [0.25, 0.3) is 0 Å². The van der Waals surface area contributed by atoms with E-state index >= 15 is 33.6 Å². The van der Waals surface area contributed by atoms with Crippen LogP contribution in [0.2, 0.25) is 0 Å². The minimum absolute atomic E-state index is 0.00290. The van der Waals surface area contributed by atoms with Crippen molar-refractivity contribution in [3.63, 3.8) is 0 Å². The van der Waals surface area contributed by atoms with Crippen molar-refractivity contribution in [1.29, 1.82) is 0 Å². The number of carboxylic acid groups (broad SMARTS) is 1. The second-order valence-corrected chi connectivity index (χ2v) is 36.8. The predicted octanol–water partition coefficient (Wildman–Crippen LogP) is 0.279. The summed E-state index contributed by atoms with van der Waals surface area (Å²) in [6, 6.07) is -7.82. The van der Waals surface area contributed by atoms with Crippen LogP contribution in [-0.4, -0.2) is 236 Å². The minimum atomic E-state index is -1.98. The van der Waals surface area contributed by atoms with Gasteiger partial charge >= 0.3 is 5.97 Å². The third-order valence-corrected chi connectivity index (χ3v) is 25.8. The molecule has 6 heterocycles. The van der Waals surface area contributed by atoms with Gasteiger partial charge in [0, 0.05) is 55.1 Å². The normalized spacial score (nSPS) is 33.9. The van der Waals surface area contributed by atoms with E-state index in [0.717, 1.165) is 19.4 Å². The molecule has 34 nitrogen and oxygen atoms in total. The molecule has 16 atom stereocenters. The number of amides is 12. The Kier molecular flexibility index (Phi) is 37.1. The van der Waals surface area contributed by atoms with E-state index in [4.69, 9.17) is 10.7 Å². The number of fused-ring (bicyclic) bond motifs is 11. The van der Waals surface area contributed by atoms with Gasteiger partial charge in [-0.1, -0.05) is 52.3 Å². The summed E-state index contributed by atoms with van der Waals surface area (Å²) in [6.07, 6.45) is 6.06. The summed E-state index contributed by atoms with van der Waals surface area (Å²) in [5.74, 6) is -10.8. The summed E-state index contributed by atoms with van der Waals surface area (Å²) < 4.78 is 0. The molecule has 5 fully saturated rings. The molecule has 0 radical (unpaired) electrons. The Balaban J connectivity index is 1.19. The number of rotatable bonds is 15. The molecule has 5 aliphatic heterocycles. The summed E-state index contributed by atoms with van der Waals surface area (Å²) in [5, 5.41) is 87.5. The fraction of sp³-hybridized carbons (Fsp3) is 0.753. The predicted molar refractivity (Wildman–Crippen MR) is 441 cm³/mol. The number of nitrogens with zero attached hydrogens (tertiary/aromatic N) is 1. The molecule has 0 spiro atoms. The number of carboxylic acids is 1. The number of carbonyl (C=O) groups is 13. The lowest BCUT2D eigenvalue weighted by atomic mass is 9.82. The molecule has 7 aliphatic rings. The molecular formula is C81H131N17O17S2. The van der Waals surface area contributed by atoms with E-state index in [0.29, 0.717) is 107 Å². The number of pyridine rings is 1. The van der Waals surface area contributed by atoms with Gasteiger partial charge in [-0.3, -0.25) is 67.3 Å². The Morgan fingerprint density at radius 2 is 1.11 bits per heavy atom. The second-order valence-electron chi connectivity index (χ2n) is 34.6. The Labute approximate surface area is 695 Å². The van der Waals surface area contributed by atoms with Gasteiger partial charge in [0.15, 0.2) is 0 Å². The second kappa shape index (κ2) is 45.7. The van der Waals surface area contributed by atoms with E-state index in [9.17, 15) is 49.2 Å². The quantitative estimate of drug-likeness (QED) is 0.105. The molecule has 36 heteroatoms. The van der Waals surface area contributed by atoms with Crippen molar-refractivity contribution in [3.8, 4) is 0 Å². The summed E-state index contributed by atoms with van der Waals surface area (Å²) in [7, 11) is 0. The standard InChI is InChI=1S/C81H131N17O17S2/c1-8-17-56-73(110)97-81(7)33-14-12-10-9-11-13-32-80(6,77(114)93-57(29-30-64(103)104)69(106)89-58(70(107)88-56)36-47-21-25-53(100)26-22-47)98-74(111)60(38-49-40-85-68-55(49)20-16-34-84-68)91-75(112)65(46(2)99)96-72(109)61(39-52-41-83-45-86-52)90-71(108)59(37-48-23-27-54(101)28-24-48)92-76(113)66(79(3,4)5)95-63(102)31-35-116-42-50-18-15-19-51(87-50)43-117-44-62(67(82)105)94-78(81)115/h9-10,15,18-19,46-49,52-62,65-66,68,83-86,99-101H,8,11-14,16-17,20-45H2,1-7H3,(H2,82,105)(H,88,107)(H,89,106)(H,90,108)(H,91,112)(H,92,113)(H,93,114)(H,94,115)(H,95,102)(H,96,109)(H,97,110)(H,98,111)(H,103,104)/b10-9-/t46-,47?,48?,49?,52?,53?,54?,55?,56+,57+,58+,59+,60+,61+,62-,65+,66-,68?,80+,81+/m1/s1. The molecule has 12 amide bonds. The topological polar surface area (TPSA) is 522 Å². The number of aliphatic hydroxyl groups is 3. The molecule has 2 aliphatic carbocycles. The first kappa shape index (κ1) is 94.9. The van der Waals surface area contributed by atoms with E-state index in [1.807, 2.05) is 24.3 Å². The average Bonchev–Trinajstić information content (AvgIpc) is 1.67. The van der Waals surface area contributed by atoms with Crippen molar-refractivity contribution in [1.82, 2.24) is 84.7 Å². The van der Waals surface area contributed by atoms with Gasteiger partial charge in [-0.05, 0) is 216 Å². The number of aliphatic hydroxyl groups excluding tert-OH is 3. The van der Waals surface area contributed by atoms with Gasteiger partial charge in [-0.25, -0.2) is 0 Å². The molecule has 4 unspecified atom stereocenters. The van der Waals surface area contributed by atoms with Gasteiger partial charge in [0.05, 0.1) is 35.9 Å². The van der Waals surface area contributed by atoms with Gasteiger partial charge < -0.3 is 106 Å². The molecule has 21 N–H and O–H groups in total. The molecule has 1 aromatic heterocycles. The number of aromatic nitrogens is 1. The number of allylic oxidation sites excluding steroid dienone is 2. The largest absolute Gasteiger partial charge is 0.481 e. The number of hydrogen-bond donors (Lipinski definition) is 20. The third kappa shape index (κ3) is 29.7. The molecule has 8 rings (SSSR count). The van der Waals surface area contributed by atoms with Crippen LogP contribution in [0.3, 0.4) is 0 Å². The first-order chi connectivity index (χ1) is 55.6. The van der Waals surface area contributed by atoms with Gasteiger partial charge in [-0.2, -0.15) is 23.5 Å². The Hall–Kier alpha value is -7.58. The van der Waals surface area contributed by atoms with E-state index in [-0.39, 0.29) is 112 Å². The monoisotopic (exact) mass is 1680 g/mol. The zero-order valence-corrected chi connectivity index (χ0v) is 70.7. The van der Waals surface area contributed by atoms with Crippen LogP contribution in [0.15, 0.2) is 30.4 Å². The molecule has 2 saturated carbocycles. The highest BCUT2D eigenvalue weighted by atomic mass is 32.2. The molecule has 117 heavy (non-hydrogen) atoms. The first-order valence-electron chi connectivity index (χ1n) is 42.2. The van der Waals surface area contributed by atoms with Gasteiger partial charge in [0.1, 0.15) is 65.5 Å². The highest BCUT2D eigenvalue weighted by molar-refractivity contribution is 7.98. The fourth-order valence-corrected chi connectivity index (χ4v) is 18.5. The SMILES string of the molecule is CCC[C@@H]1NC(=O)[C@H](CC2CCC(O)CC2)NC(=O)[C@H](CCC(=O)O)NC(=O)[C@]2(C)CCC/C=C\CCC[C@](C)(NC1=O)C(=O)N[C@@H](C(N)=O)CSCc1cccc(n1)CSCCC(=O)N[C@@H](C(C)(C)C)C(=O)N[C@@H](CC1CCC(O)CC1)C(=O)N[C@@H](CC1CNCN1)C(=O)N[C@@H]([C@@H](C)O)C(=O)N[C@@H](CC1CNC3NCCCC13)C(=O)N2. The van der Waals surface area contributed by atoms with Crippen LogP contribution >= 0.6 is 23.5 Å². The lowest BCUT2D eigenvalue weighted by molar-refractivity contribution is -0.140. The van der Waals surface area contributed by atoms with Gasteiger partial charge in [0.25, 0.3) is 0 Å². The number of aliphatic carboxylic acids is 1. The van der Waals surface area contributed by atoms with Crippen LogP contribution in [0.4, 0.5) is 0 Å². The van der Waals surface area contributed by atoms with Gasteiger partial charge in [-0.15, -0.1) is 0 Å². The maximum absolute atomic E-state index is 15.7. The number of nitrogens with two attached hydrogens (primary N) is 1. The highest BCUT2D eigenvalue weighted by Crippen LogP contribution is 2.34. The summed E-state index contributed by atoms with van der Waals surface area (Å²) in [4.78, 5) is 196. The van der Waals surface area contributed by atoms with Crippen molar-refractivity contribution in [2.75, 3.05) is 37.8 Å². The van der Waals surface area contributed by atoms with Crippen molar-refractivity contribution < 1.29 is 82.8 Å². The van der Waals surface area contributed by atoms with Crippen molar-refractivity contribution >= 4 is 100 Å². The zero-order valence-electron chi connectivity index (χ0n) is 69.1. The lowest BCUT2D eigenvalue weighted by Crippen LogP contribution is -2.65. The molecule has 4 bridgehead atoms. The average molecular weight is 1680 g/mol. The number of hydrogen-bond acceptors (Lipinski definition) is 23.